The number of hydrogen-bond donors (Lipinski definition) is 1. The molecule has 1 N–H and O–H groups in total. The number of aromatic nitrogens is 2. The summed E-state index contributed by atoms with van der Waals surface area (Å²) in [4.78, 5) is 12.8. The first kappa shape index (κ1) is 20.7. The van der Waals surface area contributed by atoms with Crippen molar-refractivity contribution in [1.82, 2.24) is 19.4 Å². The second-order valence-corrected chi connectivity index (χ2v) is 9.65. The molecular formula is C20H26N4O5S. The van der Waals surface area contributed by atoms with Gasteiger partial charge in [-0.25, -0.2) is 8.42 Å². The van der Waals surface area contributed by atoms with Gasteiger partial charge in [-0.15, -0.1) is 0 Å². The first-order valence-corrected chi connectivity index (χ1v) is 11.4. The van der Waals surface area contributed by atoms with E-state index in [0.717, 1.165) is 12.8 Å². The summed E-state index contributed by atoms with van der Waals surface area (Å²) in [6.45, 7) is 4.89. The van der Waals surface area contributed by atoms with Crippen molar-refractivity contribution in [2.24, 2.45) is 13.0 Å². The van der Waals surface area contributed by atoms with Gasteiger partial charge in [0.15, 0.2) is 11.5 Å². The van der Waals surface area contributed by atoms with Crippen LogP contribution in [0.2, 0.25) is 0 Å². The van der Waals surface area contributed by atoms with Gasteiger partial charge < -0.3 is 14.8 Å². The topological polar surface area (TPSA) is 103 Å². The monoisotopic (exact) mass is 434 g/mol. The summed E-state index contributed by atoms with van der Waals surface area (Å²) in [5.74, 6) is 1.01. The van der Waals surface area contributed by atoms with Crippen LogP contribution in [-0.2, 0) is 17.1 Å². The fourth-order valence-corrected chi connectivity index (χ4v) is 6.00. The molecule has 1 unspecified atom stereocenters. The molecule has 1 aromatic heterocycles. The van der Waals surface area contributed by atoms with Crippen LogP contribution in [0.4, 0.5) is 0 Å². The van der Waals surface area contributed by atoms with Crippen molar-refractivity contribution in [2.45, 2.75) is 31.6 Å². The van der Waals surface area contributed by atoms with E-state index >= 15 is 0 Å². The van der Waals surface area contributed by atoms with E-state index in [4.69, 9.17) is 9.47 Å². The third kappa shape index (κ3) is 3.77. The van der Waals surface area contributed by atoms with Gasteiger partial charge in [-0.05, 0) is 50.8 Å². The third-order valence-corrected chi connectivity index (χ3v) is 7.83. The van der Waals surface area contributed by atoms with Gasteiger partial charge in [0.2, 0.25) is 16.8 Å². The maximum absolute atomic E-state index is 13.2. The Bertz CT molecular complexity index is 1080. The number of piperidine rings is 1. The number of benzene rings is 1. The molecule has 1 aromatic carbocycles. The number of ether oxygens (including phenoxy) is 2. The van der Waals surface area contributed by atoms with E-state index in [0.29, 0.717) is 48.1 Å². The average Bonchev–Trinajstić information content (AvgIpc) is 3.29. The molecule has 2 aliphatic heterocycles. The molecule has 0 saturated carbocycles. The number of sulfonamides is 1. The first-order valence-electron chi connectivity index (χ1n) is 9.95. The summed E-state index contributed by atoms with van der Waals surface area (Å²) in [5, 5.41) is 7.17. The smallest absolute Gasteiger partial charge is 0.251 e. The normalized spacial score (nSPS) is 19.1. The minimum Gasteiger partial charge on any atom is -0.454 e. The molecule has 0 spiro atoms. The number of aryl methyl sites for hydroxylation is 2. The maximum Gasteiger partial charge on any atom is 0.251 e. The van der Waals surface area contributed by atoms with Crippen LogP contribution in [0.1, 0.15) is 34.6 Å². The van der Waals surface area contributed by atoms with Gasteiger partial charge in [0.05, 0.1) is 11.4 Å². The Hall–Kier alpha value is -2.59. The predicted molar refractivity (Wildman–Crippen MR) is 109 cm³/mol. The van der Waals surface area contributed by atoms with Gasteiger partial charge in [0.1, 0.15) is 4.90 Å². The second-order valence-electron chi connectivity index (χ2n) is 7.77. The van der Waals surface area contributed by atoms with Crippen molar-refractivity contribution in [3.63, 3.8) is 0 Å². The predicted octanol–water partition coefficient (Wildman–Crippen LogP) is 1.60. The number of carbonyl (C=O) groups excluding carboxylic acids is 1. The van der Waals surface area contributed by atoms with Gasteiger partial charge in [0, 0.05) is 32.2 Å². The first-order chi connectivity index (χ1) is 14.3. The molecule has 1 amide bonds. The Morgan fingerprint density at radius 1 is 1.27 bits per heavy atom. The summed E-state index contributed by atoms with van der Waals surface area (Å²) in [5.41, 5.74) is 1.63. The van der Waals surface area contributed by atoms with Crippen LogP contribution in [0.5, 0.6) is 11.5 Å². The van der Waals surface area contributed by atoms with E-state index in [1.165, 1.54) is 4.31 Å². The van der Waals surface area contributed by atoms with Gasteiger partial charge in [-0.1, -0.05) is 0 Å². The van der Waals surface area contributed by atoms with E-state index in [2.05, 4.69) is 10.4 Å². The van der Waals surface area contributed by atoms with Crippen LogP contribution in [0, 0.1) is 19.8 Å². The number of amides is 1. The molecule has 10 heteroatoms. The number of hydrogen-bond acceptors (Lipinski definition) is 6. The van der Waals surface area contributed by atoms with E-state index in [1.54, 1.807) is 43.8 Å². The van der Waals surface area contributed by atoms with E-state index in [-0.39, 0.29) is 23.5 Å². The number of fused-ring (bicyclic) bond motifs is 1. The van der Waals surface area contributed by atoms with Crippen molar-refractivity contribution in [3.05, 3.63) is 35.2 Å². The molecule has 1 atom stereocenters. The highest BCUT2D eigenvalue weighted by atomic mass is 32.2. The molecule has 162 valence electrons. The molecule has 1 saturated heterocycles. The Morgan fingerprint density at radius 3 is 2.77 bits per heavy atom. The summed E-state index contributed by atoms with van der Waals surface area (Å²) in [7, 11) is -1.88. The average molecular weight is 435 g/mol. The van der Waals surface area contributed by atoms with Crippen molar-refractivity contribution in [2.75, 3.05) is 26.4 Å². The van der Waals surface area contributed by atoms with Crippen molar-refractivity contribution >= 4 is 15.9 Å². The van der Waals surface area contributed by atoms with Crippen molar-refractivity contribution in [3.8, 4) is 11.5 Å². The molecular weight excluding hydrogens is 408 g/mol. The lowest BCUT2D eigenvalue weighted by molar-refractivity contribution is 0.0941. The Morgan fingerprint density at radius 2 is 2.03 bits per heavy atom. The number of rotatable bonds is 5. The Balaban J connectivity index is 1.41. The van der Waals surface area contributed by atoms with E-state index in [9.17, 15) is 13.2 Å². The number of carbonyl (C=O) groups is 1. The molecule has 3 heterocycles. The highest BCUT2D eigenvalue weighted by Crippen LogP contribution is 2.32. The molecule has 2 aromatic rings. The van der Waals surface area contributed by atoms with Crippen LogP contribution in [0.3, 0.4) is 0 Å². The van der Waals surface area contributed by atoms with Gasteiger partial charge in [0.25, 0.3) is 5.91 Å². The fraction of sp³-hybridized carbons (Fsp3) is 0.500. The lowest BCUT2D eigenvalue weighted by Crippen LogP contribution is -2.43. The summed E-state index contributed by atoms with van der Waals surface area (Å²) >= 11 is 0. The Labute approximate surface area is 176 Å². The number of nitrogens with zero attached hydrogens (tertiary/aromatic N) is 3. The zero-order valence-electron chi connectivity index (χ0n) is 17.3. The van der Waals surface area contributed by atoms with Gasteiger partial charge >= 0.3 is 0 Å². The minimum atomic E-state index is -3.63. The van der Waals surface area contributed by atoms with Crippen LogP contribution in [-0.4, -0.2) is 54.8 Å². The zero-order chi connectivity index (χ0) is 21.5. The van der Waals surface area contributed by atoms with Crippen molar-refractivity contribution in [1.29, 1.82) is 0 Å². The minimum absolute atomic E-state index is 0.0452. The standard InChI is InChI=1S/C20H26N4O5S/c1-13-19(14(2)23(3)22-13)30(26,27)24-8-4-5-15(11-24)10-21-20(25)16-6-7-17-18(9-16)29-12-28-17/h6-7,9,15H,4-5,8,10-12H2,1-3H3,(H,21,25). The highest BCUT2D eigenvalue weighted by Gasteiger charge is 2.34. The van der Waals surface area contributed by atoms with Crippen LogP contribution in [0.25, 0.3) is 0 Å². The van der Waals surface area contributed by atoms with Crippen LogP contribution in [0.15, 0.2) is 23.1 Å². The quantitative estimate of drug-likeness (QED) is 0.767. The second kappa shape index (κ2) is 7.92. The molecule has 4 rings (SSSR count). The van der Waals surface area contributed by atoms with E-state index in [1.807, 2.05) is 0 Å². The largest absolute Gasteiger partial charge is 0.454 e. The zero-order valence-corrected chi connectivity index (χ0v) is 18.2. The lowest BCUT2D eigenvalue weighted by Gasteiger charge is -2.32. The lowest BCUT2D eigenvalue weighted by atomic mass is 9.99. The van der Waals surface area contributed by atoms with Crippen LogP contribution < -0.4 is 14.8 Å². The molecule has 0 radical (unpaired) electrons. The van der Waals surface area contributed by atoms with Gasteiger partial charge in [-0.2, -0.15) is 9.40 Å². The molecule has 2 aliphatic rings. The molecule has 30 heavy (non-hydrogen) atoms. The maximum atomic E-state index is 13.2. The Kier molecular flexibility index (Phi) is 5.46. The number of nitrogens with one attached hydrogen (secondary N) is 1. The van der Waals surface area contributed by atoms with E-state index < -0.39 is 10.0 Å². The summed E-state index contributed by atoms with van der Waals surface area (Å²) in [6.07, 6.45) is 1.61. The molecule has 1 fully saturated rings. The van der Waals surface area contributed by atoms with Gasteiger partial charge in [-0.3, -0.25) is 9.48 Å². The summed E-state index contributed by atoms with van der Waals surface area (Å²) in [6, 6.07) is 5.06. The molecule has 0 aliphatic carbocycles. The van der Waals surface area contributed by atoms with Crippen molar-refractivity contribution < 1.29 is 22.7 Å². The van der Waals surface area contributed by atoms with Crippen LogP contribution >= 0.6 is 0 Å². The SMILES string of the molecule is Cc1nn(C)c(C)c1S(=O)(=O)N1CCCC(CNC(=O)c2ccc3c(c2)OCO3)C1. The summed E-state index contributed by atoms with van der Waals surface area (Å²) < 4.78 is 40.1. The third-order valence-electron chi connectivity index (χ3n) is 5.71. The molecule has 9 nitrogen and oxygen atoms in total. The molecule has 0 bridgehead atoms. The fourth-order valence-electron chi connectivity index (χ4n) is 4.05. The highest BCUT2D eigenvalue weighted by molar-refractivity contribution is 7.89.